The van der Waals surface area contributed by atoms with Crippen molar-refractivity contribution in [1.82, 2.24) is 5.32 Å². The Balaban J connectivity index is 1.72. The lowest BCUT2D eigenvalue weighted by Gasteiger charge is -2.22. The molecule has 2 N–H and O–H groups in total. The Morgan fingerprint density at radius 3 is 2.70 bits per heavy atom. The number of rotatable bonds is 8. The second kappa shape index (κ2) is 9.30. The van der Waals surface area contributed by atoms with Crippen molar-refractivity contribution in [3.8, 4) is 0 Å². The predicted molar refractivity (Wildman–Crippen MR) is 87.1 cm³/mol. The zero-order valence-corrected chi connectivity index (χ0v) is 13.4. The lowest BCUT2D eigenvalue weighted by Crippen LogP contribution is -2.34. The molecule has 0 unspecified atom stereocenters. The summed E-state index contributed by atoms with van der Waals surface area (Å²) in [6.45, 7) is 0.943. The van der Waals surface area contributed by atoms with Crippen LogP contribution in [0.15, 0.2) is 30.3 Å². The molecule has 5 nitrogen and oxygen atoms in total. The van der Waals surface area contributed by atoms with E-state index in [2.05, 4.69) is 5.32 Å². The summed E-state index contributed by atoms with van der Waals surface area (Å²) < 4.78 is 5.60. The van der Waals surface area contributed by atoms with Crippen molar-refractivity contribution >= 4 is 11.9 Å². The molecular formula is C18H25NO4. The number of hydrogen-bond acceptors (Lipinski definition) is 3. The smallest absolute Gasteiger partial charge is 0.308 e. The maximum Gasteiger partial charge on any atom is 0.308 e. The standard InChI is InChI=1S/C18H25NO4/c20-17(10-9-16-8-4-5-11-23-16)19-13-15(18(21)22)12-14-6-2-1-3-7-14/h1-3,6-7,15-16H,4-5,8-13H2,(H,19,20)(H,21,22)/t15-,16-/m0/s1. The van der Waals surface area contributed by atoms with Gasteiger partial charge in [-0.2, -0.15) is 0 Å². The predicted octanol–water partition coefficient (Wildman–Crippen LogP) is 2.40. The minimum Gasteiger partial charge on any atom is -0.481 e. The summed E-state index contributed by atoms with van der Waals surface area (Å²) in [6.07, 6.45) is 4.97. The summed E-state index contributed by atoms with van der Waals surface area (Å²) in [5.74, 6) is -1.59. The normalized spacial score (nSPS) is 19.0. The second-order valence-corrected chi connectivity index (χ2v) is 6.06. The molecule has 1 amide bonds. The van der Waals surface area contributed by atoms with E-state index < -0.39 is 11.9 Å². The number of carboxylic acid groups (broad SMARTS) is 1. The Morgan fingerprint density at radius 2 is 2.04 bits per heavy atom. The average molecular weight is 319 g/mol. The average Bonchev–Trinajstić information content (AvgIpc) is 2.58. The maximum atomic E-state index is 11.9. The second-order valence-electron chi connectivity index (χ2n) is 6.06. The third-order valence-corrected chi connectivity index (χ3v) is 4.19. The first-order chi connectivity index (χ1) is 11.1. The highest BCUT2D eigenvalue weighted by Gasteiger charge is 2.20. The van der Waals surface area contributed by atoms with E-state index in [-0.39, 0.29) is 18.6 Å². The summed E-state index contributed by atoms with van der Waals surface area (Å²) in [7, 11) is 0. The molecule has 1 aliphatic rings. The largest absolute Gasteiger partial charge is 0.481 e. The quantitative estimate of drug-likeness (QED) is 0.771. The van der Waals surface area contributed by atoms with Gasteiger partial charge in [0, 0.05) is 19.6 Å². The number of ether oxygens (including phenoxy) is 1. The van der Waals surface area contributed by atoms with Gasteiger partial charge in [-0.3, -0.25) is 9.59 Å². The molecule has 1 saturated heterocycles. The summed E-state index contributed by atoms with van der Waals surface area (Å²) in [6, 6.07) is 9.47. The molecule has 0 radical (unpaired) electrons. The number of carbonyl (C=O) groups excluding carboxylic acids is 1. The van der Waals surface area contributed by atoms with Gasteiger partial charge >= 0.3 is 5.97 Å². The highest BCUT2D eigenvalue weighted by Crippen LogP contribution is 2.17. The van der Waals surface area contributed by atoms with E-state index in [1.807, 2.05) is 30.3 Å². The minimum atomic E-state index is -0.884. The van der Waals surface area contributed by atoms with Crippen LogP contribution in [-0.4, -0.2) is 36.2 Å². The molecule has 1 fully saturated rings. The molecule has 1 aromatic carbocycles. The fourth-order valence-electron chi connectivity index (χ4n) is 2.80. The minimum absolute atomic E-state index is 0.0986. The Morgan fingerprint density at radius 1 is 1.26 bits per heavy atom. The number of nitrogens with one attached hydrogen (secondary N) is 1. The molecule has 0 aliphatic carbocycles. The van der Waals surface area contributed by atoms with Crippen molar-refractivity contribution in [1.29, 1.82) is 0 Å². The van der Waals surface area contributed by atoms with E-state index in [9.17, 15) is 14.7 Å². The van der Waals surface area contributed by atoms with Gasteiger partial charge in [-0.25, -0.2) is 0 Å². The molecule has 5 heteroatoms. The molecule has 2 atom stereocenters. The van der Waals surface area contributed by atoms with Gasteiger partial charge in [0.2, 0.25) is 5.91 Å². The van der Waals surface area contributed by atoms with Crippen LogP contribution in [0.3, 0.4) is 0 Å². The fourth-order valence-corrected chi connectivity index (χ4v) is 2.80. The number of amides is 1. The Bertz CT molecular complexity index is 497. The van der Waals surface area contributed by atoms with Gasteiger partial charge in [-0.1, -0.05) is 30.3 Å². The number of carbonyl (C=O) groups is 2. The van der Waals surface area contributed by atoms with Crippen molar-refractivity contribution in [2.75, 3.05) is 13.2 Å². The van der Waals surface area contributed by atoms with Crippen LogP contribution in [0.5, 0.6) is 0 Å². The van der Waals surface area contributed by atoms with Crippen LogP contribution in [0.1, 0.15) is 37.7 Å². The highest BCUT2D eigenvalue weighted by molar-refractivity contribution is 5.77. The lowest BCUT2D eigenvalue weighted by molar-refractivity contribution is -0.141. The third kappa shape index (κ3) is 6.40. The van der Waals surface area contributed by atoms with E-state index in [4.69, 9.17) is 4.74 Å². The summed E-state index contributed by atoms with van der Waals surface area (Å²) in [4.78, 5) is 23.3. The van der Waals surface area contributed by atoms with Crippen molar-refractivity contribution in [2.24, 2.45) is 5.92 Å². The number of benzene rings is 1. The van der Waals surface area contributed by atoms with E-state index in [0.29, 0.717) is 19.3 Å². The van der Waals surface area contributed by atoms with Gasteiger partial charge in [-0.05, 0) is 37.7 Å². The molecule has 0 aromatic heterocycles. The summed E-state index contributed by atoms with van der Waals surface area (Å²) in [5.41, 5.74) is 0.963. The summed E-state index contributed by atoms with van der Waals surface area (Å²) >= 11 is 0. The number of carboxylic acids is 1. The van der Waals surface area contributed by atoms with E-state index >= 15 is 0 Å². The molecule has 1 heterocycles. The van der Waals surface area contributed by atoms with Crippen molar-refractivity contribution < 1.29 is 19.4 Å². The van der Waals surface area contributed by atoms with E-state index in [1.165, 1.54) is 0 Å². The van der Waals surface area contributed by atoms with Crippen molar-refractivity contribution in [2.45, 2.75) is 44.6 Å². The lowest BCUT2D eigenvalue weighted by atomic mass is 9.99. The zero-order chi connectivity index (χ0) is 16.5. The molecule has 1 aliphatic heterocycles. The first-order valence-corrected chi connectivity index (χ1v) is 8.30. The van der Waals surface area contributed by atoms with Gasteiger partial charge in [-0.15, -0.1) is 0 Å². The van der Waals surface area contributed by atoms with Gasteiger partial charge in [0.15, 0.2) is 0 Å². The number of aliphatic carboxylic acids is 1. The van der Waals surface area contributed by atoms with Gasteiger partial charge in [0.25, 0.3) is 0 Å². The van der Waals surface area contributed by atoms with E-state index in [0.717, 1.165) is 31.4 Å². The molecule has 1 aromatic rings. The first kappa shape index (κ1) is 17.5. The van der Waals surface area contributed by atoms with Crippen molar-refractivity contribution in [3.63, 3.8) is 0 Å². The molecule has 2 rings (SSSR count). The van der Waals surface area contributed by atoms with Crippen LogP contribution in [0, 0.1) is 5.92 Å². The van der Waals surface area contributed by atoms with Gasteiger partial charge in [0.1, 0.15) is 0 Å². The maximum absolute atomic E-state index is 11.9. The van der Waals surface area contributed by atoms with Crippen LogP contribution in [0.4, 0.5) is 0 Å². The topological polar surface area (TPSA) is 75.6 Å². The van der Waals surface area contributed by atoms with Gasteiger partial charge in [0.05, 0.1) is 12.0 Å². The van der Waals surface area contributed by atoms with E-state index in [1.54, 1.807) is 0 Å². The third-order valence-electron chi connectivity index (χ3n) is 4.19. The van der Waals surface area contributed by atoms with Crippen LogP contribution in [0.25, 0.3) is 0 Å². The Labute approximate surface area is 137 Å². The molecule has 0 saturated carbocycles. The van der Waals surface area contributed by atoms with Crippen LogP contribution in [0.2, 0.25) is 0 Å². The van der Waals surface area contributed by atoms with Crippen molar-refractivity contribution in [3.05, 3.63) is 35.9 Å². The Kier molecular flexibility index (Phi) is 7.07. The highest BCUT2D eigenvalue weighted by atomic mass is 16.5. The molecule has 0 spiro atoms. The molecule has 0 bridgehead atoms. The van der Waals surface area contributed by atoms with Crippen LogP contribution in [-0.2, 0) is 20.7 Å². The first-order valence-electron chi connectivity index (χ1n) is 8.30. The zero-order valence-electron chi connectivity index (χ0n) is 13.4. The van der Waals surface area contributed by atoms with Gasteiger partial charge < -0.3 is 15.2 Å². The molecule has 126 valence electrons. The van der Waals surface area contributed by atoms with Crippen LogP contribution >= 0.6 is 0 Å². The molecule has 23 heavy (non-hydrogen) atoms. The SMILES string of the molecule is O=C(CC[C@@H]1CCCCO1)NC[C@H](Cc1ccccc1)C(=O)O. The van der Waals surface area contributed by atoms with Crippen LogP contribution < -0.4 is 5.32 Å². The number of hydrogen-bond donors (Lipinski definition) is 2. The Hall–Kier alpha value is -1.88. The molecular weight excluding hydrogens is 294 g/mol. The summed E-state index contributed by atoms with van der Waals surface area (Å²) in [5, 5.41) is 12.1. The fraction of sp³-hybridized carbons (Fsp3) is 0.556. The monoisotopic (exact) mass is 319 g/mol.